The van der Waals surface area contributed by atoms with Gasteiger partial charge in [-0.05, 0) is 49.9 Å². The molecule has 0 radical (unpaired) electrons. The van der Waals surface area contributed by atoms with Crippen LogP contribution >= 0.6 is 0 Å². The Morgan fingerprint density at radius 3 is 2.44 bits per heavy atom. The van der Waals surface area contributed by atoms with E-state index in [-0.39, 0.29) is 17.1 Å². The number of rotatable bonds is 2. The Morgan fingerprint density at radius 2 is 1.83 bits per heavy atom. The summed E-state index contributed by atoms with van der Waals surface area (Å²) < 4.78 is 0. The van der Waals surface area contributed by atoms with E-state index in [1.807, 2.05) is 26.8 Å². The number of carbonyl (C=O) groups is 1. The second-order valence-corrected chi connectivity index (χ2v) is 5.68. The van der Waals surface area contributed by atoms with Gasteiger partial charge in [0.15, 0.2) is 0 Å². The van der Waals surface area contributed by atoms with Crippen molar-refractivity contribution in [2.75, 3.05) is 5.32 Å². The number of anilines is 1. The van der Waals surface area contributed by atoms with Crippen molar-refractivity contribution in [3.8, 4) is 5.75 Å². The van der Waals surface area contributed by atoms with Crippen molar-refractivity contribution in [2.45, 2.75) is 46.5 Å². The van der Waals surface area contributed by atoms with Crippen molar-refractivity contribution in [3.05, 3.63) is 23.3 Å². The lowest BCUT2D eigenvalue weighted by Crippen LogP contribution is -2.31. The maximum Gasteiger partial charge on any atom is 0.230 e. The summed E-state index contributed by atoms with van der Waals surface area (Å²) >= 11 is 0. The molecule has 2 rings (SSSR count). The fourth-order valence-corrected chi connectivity index (χ4v) is 2.59. The number of aryl methyl sites for hydroxylation is 2. The van der Waals surface area contributed by atoms with E-state index in [0.717, 1.165) is 42.5 Å². The molecular formula is C15H21NO2. The maximum absolute atomic E-state index is 12.3. The molecule has 0 spiro atoms. The second-order valence-electron chi connectivity index (χ2n) is 5.68. The summed E-state index contributed by atoms with van der Waals surface area (Å²) in [6.45, 7) is 5.77. The van der Waals surface area contributed by atoms with Gasteiger partial charge in [-0.3, -0.25) is 4.79 Å². The third-order valence-electron chi connectivity index (χ3n) is 4.05. The number of amides is 1. The lowest BCUT2D eigenvalue weighted by atomic mass is 9.87. The Morgan fingerprint density at radius 1 is 1.22 bits per heavy atom. The minimum atomic E-state index is -0.224. The van der Waals surface area contributed by atoms with Crippen LogP contribution in [0.15, 0.2) is 12.1 Å². The van der Waals surface area contributed by atoms with E-state index in [1.165, 1.54) is 0 Å². The summed E-state index contributed by atoms with van der Waals surface area (Å²) in [6.07, 6.45) is 4.21. The highest BCUT2D eigenvalue weighted by molar-refractivity contribution is 5.96. The molecule has 0 heterocycles. The second kappa shape index (κ2) is 4.63. The average molecular weight is 247 g/mol. The Kier molecular flexibility index (Phi) is 3.33. The largest absolute Gasteiger partial charge is 0.508 e. The highest BCUT2D eigenvalue weighted by atomic mass is 16.3. The number of phenolic OH excluding ortho intramolecular Hbond substituents is 1. The van der Waals surface area contributed by atoms with E-state index in [2.05, 4.69) is 5.32 Å². The SMILES string of the molecule is Cc1cc(NC(=O)C2(C)CCCC2)c(C)cc1O. The van der Waals surface area contributed by atoms with E-state index < -0.39 is 0 Å². The van der Waals surface area contributed by atoms with Crippen LogP contribution < -0.4 is 5.32 Å². The summed E-state index contributed by atoms with van der Waals surface area (Å²) in [5.41, 5.74) is 2.27. The number of benzene rings is 1. The predicted octanol–water partition coefficient (Wildman–Crippen LogP) is 3.53. The highest BCUT2D eigenvalue weighted by Crippen LogP contribution is 2.39. The van der Waals surface area contributed by atoms with Crippen LogP contribution in [0.4, 0.5) is 5.69 Å². The molecule has 98 valence electrons. The van der Waals surface area contributed by atoms with Gasteiger partial charge in [0.1, 0.15) is 5.75 Å². The molecule has 0 atom stereocenters. The van der Waals surface area contributed by atoms with E-state index in [4.69, 9.17) is 0 Å². The van der Waals surface area contributed by atoms with Crippen molar-refractivity contribution in [2.24, 2.45) is 5.41 Å². The predicted molar refractivity (Wildman–Crippen MR) is 72.8 cm³/mol. The van der Waals surface area contributed by atoms with E-state index >= 15 is 0 Å². The minimum absolute atomic E-state index is 0.105. The van der Waals surface area contributed by atoms with Crippen molar-refractivity contribution in [3.63, 3.8) is 0 Å². The van der Waals surface area contributed by atoms with Gasteiger partial charge in [-0.25, -0.2) is 0 Å². The minimum Gasteiger partial charge on any atom is -0.508 e. The normalized spacial score (nSPS) is 17.7. The Labute approximate surface area is 108 Å². The molecule has 1 aliphatic carbocycles. The molecule has 1 aromatic rings. The van der Waals surface area contributed by atoms with Gasteiger partial charge in [-0.2, -0.15) is 0 Å². The van der Waals surface area contributed by atoms with Gasteiger partial charge in [-0.1, -0.05) is 19.8 Å². The monoisotopic (exact) mass is 247 g/mol. The quantitative estimate of drug-likeness (QED) is 0.785. The lowest BCUT2D eigenvalue weighted by Gasteiger charge is -2.23. The molecule has 0 saturated heterocycles. The summed E-state index contributed by atoms with van der Waals surface area (Å²) in [6, 6.07) is 3.53. The zero-order valence-electron chi connectivity index (χ0n) is 11.3. The van der Waals surface area contributed by atoms with Crippen LogP contribution in [0.1, 0.15) is 43.7 Å². The first-order valence-corrected chi connectivity index (χ1v) is 6.54. The van der Waals surface area contributed by atoms with Crippen molar-refractivity contribution in [1.82, 2.24) is 0 Å². The summed E-state index contributed by atoms with van der Waals surface area (Å²) in [7, 11) is 0. The smallest absolute Gasteiger partial charge is 0.230 e. The number of aromatic hydroxyl groups is 1. The van der Waals surface area contributed by atoms with E-state index in [0.29, 0.717) is 0 Å². The third kappa shape index (κ3) is 2.35. The first kappa shape index (κ1) is 12.9. The van der Waals surface area contributed by atoms with Gasteiger partial charge in [0, 0.05) is 11.1 Å². The number of hydrogen-bond donors (Lipinski definition) is 2. The van der Waals surface area contributed by atoms with E-state index in [1.54, 1.807) is 6.07 Å². The molecule has 1 amide bonds. The summed E-state index contributed by atoms with van der Waals surface area (Å²) in [4.78, 5) is 12.3. The molecule has 0 aliphatic heterocycles. The van der Waals surface area contributed by atoms with Crippen LogP contribution in [0, 0.1) is 19.3 Å². The summed E-state index contributed by atoms with van der Waals surface area (Å²) in [5.74, 6) is 0.380. The number of carbonyl (C=O) groups excluding carboxylic acids is 1. The molecule has 3 nitrogen and oxygen atoms in total. The van der Waals surface area contributed by atoms with Crippen LogP contribution in [0.2, 0.25) is 0 Å². The average Bonchev–Trinajstić information content (AvgIpc) is 2.74. The van der Waals surface area contributed by atoms with E-state index in [9.17, 15) is 9.90 Å². The fraction of sp³-hybridized carbons (Fsp3) is 0.533. The van der Waals surface area contributed by atoms with Crippen LogP contribution in [-0.4, -0.2) is 11.0 Å². The molecule has 0 aromatic heterocycles. The third-order valence-corrected chi connectivity index (χ3v) is 4.05. The molecule has 1 fully saturated rings. The van der Waals surface area contributed by atoms with Crippen molar-refractivity contribution >= 4 is 11.6 Å². The molecule has 0 bridgehead atoms. The number of hydrogen-bond acceptors (Lipinski definition) is 2. The van der Waals surface area contributed by atoms with Crippen LogP contribution in [0.25, 0.3) is 0 Å². The fourth-order valence-electron chi connectivity index (χ4n) is 2.59. The molecule has 2 N–H and O–H groups in total. The Balaban J connectivity index is 2.19. The number of nitrogens with one attached hydrogen (secondary N) is 1. The molecule has 18 heavy (non-hydrogen) atoms. The van der Waals surface area contributed by atoms with Crippen molar-refractivity contribution < 1.29 is 9.90 Å². The van der Waals surface area contributed by atoms with Gasteiger partial charge in [0.2, 0.25) is 5.91 Å². The highest BCUT2D eigenvalue weighted by Gasteiger charge is 2.36. The lowest BCUT2D eigenvalue weighted by molar-refractivity contribution is -0.124. The Bertz CT molecular complexity index is 474. The van der Waals surface area contributed by atoms with Crippen LogP contribution in [0.5, 0.6) is 5.75 Å². The first-order valence-electron chi connectivity index (χ1n) is 6.54. The van der Waals surface area contributed by atoms with Gasteiger partial charge >= 0.3 is 0 Å². The zero-order chi connectivity index (χ0) is 13.3. The number of phenols is 1. The zero-order valence-corrected chi connectivity index (χ0v) is 11.3. The molecule has 0 unspecified atom stereocenters. The first-order chi connectivity index (χ1) is 8.42. The van der Waals surface area contributed by atoms with Crippen LogP contribution in [-0.2, 0) is 4.79 Å². The molecule has 3 heteroatoms. The standard InChI is InChI=1S/C15H21NO2/c1-10-9-13(17)11(2)8-12(10)16-14(18)15(3)6-4-5-7-15/h8-9,17H,4-7H2,1-3H3,(H,16,18). The molecular weight excluding hydrogens is 226 g/mol. The van der Waals surface area contributed by atoms with Gasteiger partial charge in [-0.15, -0.1) is 0 Å². The Hall–Kier alpha value is -1.51. The van der Waals surface area contributed by atoms with Crippen LogP contribution in [0.3, 0.4) is 0 Å². The molecule has 1 aliphatic rings. The molecule has 1 aromatic carbocycles. The summed E-state index contributed by atoms with van der Waals surface area (Å²) in [5, 5.41) is 12.6. The van der Waals surface area contributed by atoms with Gasteiger partial charge in [0.25, 0.3) is 0 Å². The van der Waals surface area contributed by atoms with Gasteiger partial charge < -0.3 is 10.4 Å². The maximum atomic E-state index is 12.3. The van der Waals surface area contributed by atoms with Gasteiger partial charge in [0.05, 0.1) is 0 Å². The topological polar surface area (TPSA) is 49.3 Å². The van der Waals surface area contributed by atoms with Crippen molar-refractivity contribution in [1.29, 1.82) is 0 Å². The molecule has 1 saturated carbocycles.